The quantitative estimate of drug-likeness (QED) is 0.206. The van der Waals surface area contributed by atoms with Crippen LogP contribution in [0, 0.1) is 0 Å². The highest BCUT2D eigenvalue weighted by atomic mass is 32.1. The molecule has 2 fully saturated rings. The van der Waals surface area contributed by atoms with E-state index in [2.05, 4.69) is 65.4 Å². The maximum Gasteiger partial charge on any atom is 0.358 e. The summed E-state index contributed by atoms with van der Waals surface area (Å²) >= 11 is 5.66. The summed E-state index contributed by atoms with van der Waals surface area (Å²) in [7, 11) is -5.81. The lowest BCUT2D eigenvalue weighted by atomic mass is 10.1. The molecule has 0 aliphatic carbocycles. The van der Waals surface area contributed by atoms with E-state index in [4.69, 9.17) is 50.2 Å². The van der Waals surface area contributed by atoms with E-state index in [-0.39, 0.29) is 34.0 Å². The monoisotopic (exact) mass is 673 g/mol. The summed E-state index contributed by atoms with van der Waals surface area (Å²) in [5.41, 5.74) is 8.24. The Morgan fingerprint density at radius 3 is 2.24 bits per heavy atom. The average molecular weight is 674 g/mol. The van der Waals surface area contributed by atoms with Gasteiger partial charge in [-0.25, -0.2) is 14.6 Å². The maximum atomic E-state index is 7.42. The molecular weight excluding hydrogens is 627 g/mol. The molecule has 0 radical (unpaired) electrons. The Morgan fingerprint density at radius 1 is 1.00 bits per heavy atom. The van der Waals surface area contributed by atoms with E-state index in [0.717, 1.165) is 5.69 Å². The Labute approximate surface area is 273 Å². The third kappa shape index (κ3) is 6.17. The van der Waals surface area contributed by atoms with Gasteiger partial charge in [0, 0.05) is 12.2 Å². The summed E-state index contributed by atoms with van der Waals surface area (Å²) in [5.74, 6) is 0.923. The van der Waals surface area contributed by atoms with Crippen molar-refractivity contribution in [3.05, 3.63) is 42.4 Å². The molecule has 2 aromatic heterocycles. The second-order valence-electron chi connectivity index (χ2n) is 13.1. The molecule has 0 bridgehead atoms. The number of aryl methyl sites for hydroxylation is 1. The van der Waals surface area contributed by atoms with Gasteiger partial charge in [-0.2, -0.15) is 5.10 Å². The summed E-state index contributed by atoms with van der Waals surface area (Å²) < 4.78 is 42.8. The highest BCUT2D eigenvalue weighted by molar-refractivity contribution is 7.79. The van der Waals surface area contributed by atoms with Crippen LogP contribution in [-0.4, -0.2) is 67.0 Å². The van der Waals surface area contributed by atoms with Crippen LogP contribution in [0.3, 0.4) is 0 Å². The van der Waals surface area contributed by atoms with Crippen LogP contribution < -0.4 is 10.5 Å². The SMILES string of the molecule is CCc1nn([C@@H]2O[C@H]3CO[Si](C(C)C)(C(C)C)O[Si](C(C)C)(C(C)C)O[C@H]3[C@H]2OC(=S)Oc2ccccc2)c2ncnc(N)c12. The molecule has 0 saturated carbocycles. The highest BCUT2D eigenvalue weighted by Gasteiger charge is 2.62. The summed E-state index contributed by atoms with van der Waals surface area (Å²) in [6.07, 6.45) is -0.585. The van der Waals surface area contributed by atoms with Crippen molar-refractivity contribution in [2.45, 2.75) is 115 Å². The lowest BCUT2D eigenvalue weighted by molar-refractivity contribution is -0.0613. The number of hydrogen-bond donors (Lipinski definition) is 1. The van der Waals surface area contributed by atoms with Crippen molar-refractivity contribution in [1.29, 1.82) is 0 Å². The average Bonchev–Trinajstić information content (AvgIpc) is 3.51. The fourth-order valence-corrected chi connectivity index (χ4v) is 18.1. The van der Waals surface area contributed by atoms with Gasteiger partial charge < -0.3 is 32.9 Å². The standard InChI is InChI=1S/C31H47N5O6SSi2/c1-10-23-25-28(32)33-17-34-29(25)36(35-23)30-27(40-31(43)38-22-14-12-11-13-15-22)26-24(39-30)16-37-44(18(2)3,19(4)5)42-45(41-26,20(6)7)21(8)9/h11-15,17-21,24,26-27,30H,10,16H2,1-9H3,(H2,32,33,34)/t24-,26+,27+,30+/m0/s1. The van der Waals surface area contributed by atoms with E-state index in [0.29, 0.717) is 29.0 Å². The van der Waals surface area contributed by atoms with Crippen molar-refractivity contribution < 1.29 is 27.2 Å². The van der Waals surface area contributed by atoms with Crippen LogP contribution in [0.1, 0.15) is 74.2 Å². The number of ether oxygens (including phenoxy) is 3. The van der Waals surface area contributed by atoms with Crippen LogP contribution in [0.2, 0.25) is 22.2 Å². The van der Waals surface area contributed by atoms with E-state index < -0.39 is 41.7 Å². The predicted octanol–water partition coefficient (Wildman–Crippen LogP) is 6.57. The van der Waals surface area contributed by atoms with Gasteiger partial charge in [-0.3, -0.25) is 0 Å². The van der Waals surface area contributed by atoms with Gasteiger partial charge in [0.2, 0.25) is 0 Å². The van der Waals surface area contributed by atoms with E-state index in [1.54, 1.807) is 4.68 Å². The van der Waals surface area contributed by atoms with Crippen LogP contribution >= 0.6 is 12.2 Å². The molecule has 1 aromatic carbocycles. The van der Waals surface area contributed by atoms with Crippen LogP contribution in [0.15, 0.2) is 36.7 Å². The topological polar surface area (TPSA) is 125 Å². The third-order valence-corrected chi connectivity index (χ3v) is 19.4. The lowest BCUT2D eigenvalue weighted by Crippen LogP contribution is -2.66. The van der Waals surface area contributed by atoms with Gasteiger partial charge in [-0.1, -0.05) is 80.5 Å². The lowest BCUT2D eigenvalue weighted by Gasteiger charge is -2.51. The number of benzene rings is 1. The third-order valence-electron chi connectivity index (χ3n) is 8.96. The van der Waals surface area contributed by atoms with Crippen molar-refractivity contribution in [2.24, 2.45) is 0 Å². The zero-order valence-corrected chi connectivity index (χ0v) is 30.5. The van der Waals surface area contributed by atoms with Gasteiger partial charge >= 0.3 is 22.4 Å². The molecular formula is C31H47N5O6SSi2. The fourth-order valence-electron chi connectivity index (χ4n) is 6.66. The summed E-state index contributed by atoms with van der Waals surface area (Å²) in [6, 6.07) is 9.30. The molecule has 45 heavy (non-hydrogen) atoms. The van der Waals surface area contributed by atoms with E-state index >= 15 is 0 Å². The second-order valence-corrected chi connectivity index (χ2v) is 22.3. The Kier molecular flexibility index (Phi) is 10.0. The molecule has 14 heteroatoms. The minimum atomic E-state index is -3.01. The van der Waals surface area contributed by atoms with Crippen LogP contribution in [0.5, 0.6) is 5.75 Å². The number of hydrogen-bond acceptors (Lipinski definition) is 11. The Morgan fingerprint density at radius 2 is 1.64 bits per heavy atom. The van der Waals surface area contributed by atoms with Crippen LogP contribution in [-0.2, 0) is 28.9 Å². The number of para-hydroxylation sites is 1. The number of nitrogen functional groups attached to an aromatic ring is 1. The van der Waals surface area contributed by atoms with Crippen LogP contribution in [0.25, 0.3) is 11.0 Å². The van der Waals surface area contributed by atoms with Gasteiger partial charge in [-0.15, -0.1) is 0 Å². The molecule has 3 aromatic rings. The second kappa shape index (κ2) is 13.3. The van der Waals surface area contributed by atoms with Gasteiger partial charge in [-0.05, 0) is 40.7 Å². The van der Waals surface area contributed by atoms with Gasteiger partial charge in [0.15, 0.2) is 18.0 Å². The molecule has 4 heterocycles. The van der Waals surface area contributed by atoms with Gasteiger partial charge in [0.25, 0.3) is 0 Å². The number of rotatable bonds is 8. The number of thiocarbonyl (C=S) groups is 1. The Hall–Kier alpha value is -2.47. The Bertz CT molecular complexity index is 1470. The molecule has 2 saturated heterocycles. The number of anilines is 1. The summed E-state index contributed by atoms with van der Waals surface area (Å²) in [6.45, 7) is 19.8. The number of aromatic nitrogens is 4. The molecule has 2 aliphatic heterocycles. The van der Waals surface area contributed by atoms with E-state index in [1.165, 1.54) is 6.33 Å². The predicted molar refractivity (Wildman–Crippen MR) is 181 cm³/mol. The van der Waals surface area contributed by atoms with Crippen molar-refractivity contribution in [3.63, 3.8) is 0 Å². The smallest absolute Gasteiger partial charge is 0.358 e. The molecule has 5 rings (SSSR count). The molecule has 2 N–H and O–H groups in total. The maximum absolute atomic E-state index is 7.42. The minimum absolute atomic E-state index is 0.0521. The molecule has 0 amide bonds. The molecule has 246 valence electrons. The normalized spacial score (nSPS) is 24.6. The highest BCUT2D eigenvalue weighted by Crippen LogP contribution is 2.49. The summed E-state index contributed by atoms with van der Waals surface area (Å²) in [5, 5.41) is 5.56. The molecule has 2 aliphatic rings. The number of fused-ring (bicyclic) bond motifs is 2. The van der Waals surface area contributed by atoms with Gasteiger partial charge in [0.1, 0.15) is 30.1 Å². The van der Waals surface area contributed by atoms with E-state index in [1.807, 2.05) is 37.3 Å². The molecule has 0 unspecified atom stereocenters. The first-order valence-corrected chi connectivity index (χ1v) is 20.3. The first kappa shape index (κ1) is 33.9. The van der Waals surface area contributed by atoms with Crippen molar-refractivity contribution in [2.75, 3.05) is 12.3 Å². The van der Waals surface area contributed by atoms with Crippen molar-refractivity contribution in [1.82, 2.24) is 19.7 Å². The molecule has 4 atom stereocenters. The van der Waals surface area contributed by atoms with Crippen molar-refractivity contribution >= 4 is 51.4 Å². The van der Waals surface area contributed by atoms with Crippen LogP contribution in [0.4, 0.5) is 5.82 Å². The van der Waals surface area contributed by atoms with Gasteiger partial charge in [0.05, 0.1) is 17.7 Å². The summed E-state index contributed by atoms with van der Waals surface area (Å²) in [4.78, 5) is 8.80. The zero-order valence-electron chi connectivity index (χ0n) is 27.7. The minimum Gasteiger partial charge on any atom is -0.446 e. The van der Waals surface area contributed by atoms with Crippen molar-refractivity contribution in [3.8, 4) is 5.75 Å². The number of nitrogens with zero attached hydrogens (tertiary/aromatic N) is 4. The largest absolute Gasteiger partial charge is 0.446 e. The van der Waals surface area contributed by atoms with E-state index in [9.17, 15) is 0 Å². The number of nitrogens with two attached hydrogens (primary N) is 1. The first-order chi connectivity index (χ1) is 21.3. The fraction of sp³-hybridized carbons (Fsp3) is 0.613. The first-order valence-electron chi connectivity index (χ1n) is 15.9. The molecule has 11 nitrogen and oxygen atoms in total. The molecule has 0 spiro atoms. The Balaban J connectivity index is 1.63. The zero-order chi connectivity index (χ0) is 32.7.